The minimum atomic E-state index is -4.32. The number of fused-ring (bicyclic) bond motifs is 6. The van der Waals surface area contributed by atoms with Crippen molar-refractivity contribution in [3.05, 3.63) is 95.0 Å². The van der Waals surface area contributed by atoms with Crippen LogP contribution in [0.5, 0.6) is 0 Å². The molecule has 13 heteroatoms. The number of aryl methyl sites for hydroxylation is 1. The van der Waals surface area contributed by atoms with Gasteiger partial charge in [-0.25, -0.2) is 8.42 Å². The Morgan fingerprint density at radius 1 is 0.977 bits per heavy atom. The molecular formula is C31H29N2NaO6S4. The Labute approximate surface area is 288 Å². The van der Waals surface area contributed by atoms with Crippen molar-refractivity contribution in [1.29, 1.82) is 0 Å². The van der Waals surface area contributed by atoms with Crippen LogP contribution in [0.25, 0.3) is 37.8 Å². The molecule has 0 aliphatic carbocycles. The quantitative estimate of drug-likeness (QED) is 0.0729. The molecule has 8 nitrogen and oxygen atoms in total. The van der Waals surface area contributed by atoms with Crippen LogP contribution in [-0.4, -0.2) is 30.7 Å². The summed E-state index contributed by atoms with van der Waals surface area (Å²) >= 11 is 3.21. The van der Waals surface area contributed by atoms with Crippen LogP contribution in [0.4, 0.5) is 5.69 Å². The van der Waals surface area contributed by atoms with Crippen molar-refractivity contribution in [2.75, 3.05) is 22.1 Å². The van der Waals surface area contributed by atoms with Gasteiger partial charge in [-0.1, -0.05) is 90.7 Å². The number of thioether (sulfide) groups is 1. The summed E-state index contributed by atoms with van der Waals surface area (Å²) in [6.45, 7) is 2.36. The Morgan fingerprint density at radius 2 is 1.66 bits per heavy atom. The van der Waals surface area contributed by atoms with Crippen molar-refractivity contribution >= 4 is 87.2 Å². The van der Waals surface area contributed by atoms with Crippen LogP contribution in [0.3, 0.4) is 0 Å². The first-order valence-corrected chi connectivity index (χ1v) is 18.9. The Kier molecular flexibility index (Phi) is 10.5. The maximum absolute atomic E-state index is 11.4. The van der Waals surface area contributed by atoms with E-state index in [1.165, 1.54) is 0 Å². The minimum absolute atomic E-state index is 0. The second kappa shape index (κ2) is 13.8. The van der Waals surface area contributed by atoms with Crippen molar-refractivity contribution in [3.8, 4) is 0 Å². The molecule has 2 heterocycles. The predicted octanol–water partition coefficient (Wildman–Crippen LogP) is 3.41. The predicted molar refractivity (Wildman–Crippen MR) is 174 cm³/mol. The SMILES string of the molecule is CCS(C)(OO[O-])N1C(=CC=Cc2sc3ccc4ccccc4c3[n+]2CCCS(=O)(=O)[O-])Sc2ccc3ccccc3c21.[Na+]. The second-order valence-corrected chi connectivity index (χ2v) is 16.8. The third-order valence-corrected chi connectivity index (χ3v) is 13.1. The van der Waals surface area contributed by atoms with Gasteiger partial charge < -0.3 is 9.81 Å². The molecule has 1 aromatic heterocycles. The summed E-state index contributed by atoms with van der Waals surface area (Å²) < 4.78 is 44.8. The van der Waals surface area contributed by atoms with Crippen molar-refractivity contribution in [2.45, 2.75) is 24.8 Å². The summed E-state index contributed by atoms with van der Waals surface area (Å²) in [5.74, 6) is 0.138. The van der Waals surface area contributed by atoms with E-state index < -0.39 is 26.4 Å². The van der Waals surface area contributed by atoms with Crippen LogP contribution in [0.2, 0.25) is 0 Å². The maximum atomic E-state index is 11.4. The third-order valence-electron chi connectivity index (χ3n) is 7.45. The molecule has 0 saturated carbocycles. The average Bonchev–Trinajstić information content (AvgIpc) is 3.55. The number of hydrogen-bond donors (Lipinski definition) is 0. The molecule has 1 unspecified atom stereocenters. The summed E-state index contributed by atoms with van der Waals surface area (Å²) in [5, 5.41) is 21.4. The molecular weight excluding hydrogens is 648 g/mol. The van der Waals surface area contributed by atoms with Gasteiger partial charge in [-0.2, -0.15) is 8.90 Å². The third kappa shape index (κ3) is 6.62. The smallest absolute Gasteiger partial charge is 0.748 e. The molecule has 6 rings (SSSR count). The van der Waals surface area contributed by atoms with Crippen molar-refractivity contribution in [1.82, 2.24) is 0 Å². The van der Waals surface area contributed by atoms with Gasteiger partial charge >= 0.3 is 29.6 Å². The molecule has 0 saturated heterocycles. The monoisotopic (exact) mass is 676 g/mol. The van der Waals surface area contributed by atoms with Gasteiger partial charge in [0, 0.05) is 40.5 Å². The molecule has 1 aliphatic rings. The summed E-state index contributed by atoms with van der Waals surface area (Å²) in [7, 11) is -6.47. The summed E-state index contributed by atoms with van der Waals surface area (Å²) in [6, 6.07) is 24.5. The van der Waals surface area contributed by atoms with E-state index in [0.717, 1.165) is 52.4 Å². The molecule has 1 aliphatic heterocycles. The molecule has 4 aromatic carbocycles. The van der Waals surface area contributed by atoms with Gasteiger partial charge in [-0.05, 0) is 45.5 Å². The van der Waals surface area contributed by atoms with Crippen molar-refractivity contribution in [2.24, 2.45) is 0 Å². The van der Waals surface area contributed by atoms with Crippen LogP contribution in [-0.2, 0) is 26.0 Å². The van der Waals surface area contributed by atoms with Gasteiger partial charge in [-0.15, -0.1) is 0 Å². The number of hydrogen-bond acceptors (Lipinski definition) is 9. The Morgan fingerprint density at radius 3 is 2.36 bits per heavy atom. The number of nitrogens with zero attached hydrogens (tertiary/aromatic N) is 2. The normalized spacial score (nSPS) is 16.5. The second-order valence-electron chi connectivity index (χ2n) is 10.1. The zero-order valence-corrected chi connectivity index (χ0v) is 29.7. The van der Waals surface area contributed by atoms with Crippen LogP contribution in [0.1, 0.15) is 18.4 Å². The largest absolute Gasteiger partial charge is 1.00 e. The van der Waals surface area contributed by atoms with Gasteiger partial charge in [0.2, 0.25) is 5.52 Å². The van der Waals surface area contributed by atoms with E-state index in [4.69, 9.17) is 4.33 Å². The number of benzene rings is 4. The summed E-state index contributed by atoms with van der Waals surface area (Å²) in [6.07, 6.45) is 8.09. The van der Waals surface area contributed by atoms with Crippen LogP contribution < -0.4 is 43.7 Å². The molecule has 0 radical (unpaired) electrons. The molecule has 0 spiro atoms. The van der Waals surface area contributed by atoms with Gasteiger partial charge in [-0.3, -0.25) is 9.34 Å². The van der Waals surface area contributed by atoms with Gasteiger partial charge in [0.25, 0.3) is 5.01 Å². The first-order valence-electron chi connectivity index (χ1n) is 13.6. The Balaban J connectivity index is 0.00000384. The van der Waals surface area contributed by atoms with Crippen molar-refractivity contribution < 1.29 is 61.7 Å². The summed E-state index contributed by atoms with van der Waals surface area (Å²) in [4.78, 5) is 1.06. The fourth-order valence-electron chi connectivity index (χ4n) is 5.38. The number of thiazole rings is 1. The van der Waals surface area contributed by atoms with E-state index in [-0.39, 0.29) is 36.0 Å². The standard InChI is InChI=1S/C31H30N2O6S4.Na/c1-3-42(2,39-38-34)33-29(41-27-19-17-23-11-5-7-13-25(23)31(27)33)15-8-14-28-32(20-9-21-43(35,36)37)30-24-12-6-4-10-22(24)16-18-26(30)40-28;/h4-8,10-19H,3,9,20-21H2,1-2H3,(H-,34,35,36,37);/q;+1/p-1. The zero-order chi connectivity index (χ0) is 30.2. The topological polar surface area (TPSA) is 106 Å². The number of anilines is 1. The maximum Gasteiger partial charge on any atom is 1.00 e. The first-order chi connectivity index (χ1) is 20.7. The van der Waals surface area contributed by atoms with E-state index >= 15 is 0 Å². The molecule has 0 amide bonds. The minimum Gasteiger partial charge on any atom is -0.748 e. The molecule has 1 atom stereocenters. The van der Waals surface area contributed by atoms with Crippen LogP contribution >= 0.6 is 33.6 Å². The van der Waals surface area contributed by atoms with E-state index in [1.807, 2.05) is 61.7 Å². The number of allylic oxidation sites excluding steroid dienone is 2. The number of rotatable bonds is 10. The fourth-order valence-corrected chi connectivity index (χ4v) is 10.2. The molecule has 44 heavy (non-hydrogen) atoms. The Bertz CT molecular complexity index is 2010. The fraction of sp³-hybridized carbons (Fsp3) is 0.194. The summed E-state index contributed by atoms with van der Waals surface area (Å²) in [5.41, 5.74) is 2.00. The van der Waals surface area contributed by atoms with Crippen LogP contribution in [0, 0.1) is 0 Å². The molecule has 0 fully saturated rings. The van der Waals surface area contributed by atoms with E-state index in [1.54, 1.807) is 23.1 Å². The Hall–Kier alpha value is -1.94. The van der Waals surface area contributed by atoms with E-state index in [0.29, 0.717) is 12.3 Å². The average molecular weight is 677 g/mol. The van der Waals surface area contributed by atoms with Gasteiger partial charge in [0.05, 0.1) is 26.2 Å². The van der Waals surface area contributed by atoms with Gasteiger partial charge in [0.1, 0.15) is 4.70 Å². The molecule has 0 N–H and O–H groups in total. The zero-order valence-electron chi connectivity index (χ0n) is 24.5. The van der Waals surface area contributed by atoms with E-state index in [2.05, 4.69) is 56.4 Å². The molecule has 5 aromatic rings. The van der Waals surface area contributed by atoms with Crippen LogP contribution in [0.15, 0.2) is 94.9 Å². The van der Waals surface area contributed by atoms with E-state index in [9.17, 15) is 18.2 Å². The van der Waals surface area contributed by atoms with Gasteiger partial charge in [0.15, 0.2) is 6.54 Å². The number of aromatic nitrogens is 1. The first kappa shape index (κ1) is 33.4. The molecule has 224 valence electrons. The molecule has 0 bridgehead atoms. The van der Waals surface area contributed by atoms with Crippen molar-refractivity contribution in [3.63, 3.8) is 0 Å².